The Morgan fingerprint density at radius 1 is 1.40 bits per heavy atom. The van der Waals surface area contributed by atoms with Crippen LogP contribution in [0.2, 0.25) is 0 Å². The summed E-state index contributed by atoms with van der Waals surface area (Å²) in [6.07, 6.45) is 1.47. The first-order valence-electron chi connectivity index (χ1n) is 1.46. The average Bonchev–Trinajstić information content (AvgIpc) is 2.19. The van der Waals surface area contributed by atoms with Crippen molar-refractivity contribution in [2.75, 3.05) is 19.6 Å². The number of alkyl halides is 1. The van der Waals surface area contributed by atoms with Gasteiger partial charge >= 0.3 is 0 Å². The third-order valence-electron chi connectivity index (χ3n) is 0.204. The smallest absolute Gasteiger partial charge is 0.0701 e. The van der Waals surface area contributed by atoms with Gasteiger partial charge in [0.25, 0.3) is 0 Å². The van der Waals surface area contributed by atoms with E-state index in [0.29, 0.717) is 0 Å². The number of ether oxygens (including phenoxy) is 1. The van der Waals surface area contributed by atoms with Gasteiger partial charge in [-0.2, -0.15) is 0 Å². The van der Waals surface area contributed by atoms with Crippen molar-refractivity contribution in [3.63, 3.8) is 0 Å². The van der Waals surface area contributed by atoms with Crippen LogP contribution in [0.15, 0.2) is 0 Å². The maximum Gasteiger partial charge on any atom is 0.0701 e. The highest BCUT2D eigenvalue weighted by Crippen LogP contribution is 1.84. The van der Waals surface area contributed by atoms with Crippen molar-refractivity contribution in [2.24, 2.45) is 0 Å². The third kappa shape index (κ3) is 13.8. The van der Waals surface area contributed by atoms with E-state index in [1.165, 1.54) is 6.38 Å². The Hall–Kier alpha value is 0.250. The Kier molecular flexibility index (Phi) is 4.46. The predicted octanol–water partition coefficient (Wildman–Crippen LogP) is 0.872. The fourth-order valence-corrected chi connectivity index (χ4v) is 0. The molecule has 0 bridgehead atoms. The fraction of sp³-hybridized carbons (Fsp3) is 1.00. The second-order valence-corrected chi connectivity index (χ2v) is 0.612. The van der Waals surface area contributed by atoms with Gasteiger partial charge in [0, 0.05) is 6.38 Å². The maximum atomic E-state index is 4.64. The molecule has 1 saturated heterocycles. The lowest BCUT2D eigenvalue weighted by Gasteiger charge is -1.24. The monoisotopic (exact) mass is 94.0 g/mol. The van der Waals surface area contributed by atoms with E-state index >= 15 is 0 Å². The lowest BCUT2D eigenvalue weighted by atomic mass is 11.0. The van der Waals surface area contributed by atoms with Crippen LogP contribution in [0.25, 0.3) is 0 Å². The van der Waals surface area contributed by atoms with Crippen LogP contribution >= 0.6 is 11.6 Å². The zero-order valence-electron chi connectivity index (χ0n) is 3.20. The van der Waals surface area contributed by atoms with Crippen LogP contribution in [-0.4, -0.2) is 19.6 Å². The first kappa shape index (κ1) is 5.25. The van der Waals surface area contributed by atoms with Gasteiger partial charge in [0.15, 0.2) is 0 Å². The second-order valence-electron chi connectivity index (χ2n) is 0.612. The second kappa shape index (κ2) is 4.25. The molecule has 0 N–H and O–H groups in total. The van der Waals surface area contributed by atoms with E-state index in [0.717, 1.165) is 13.2 Å². The summed E-state index contributed by atoms with van der Waals surface area (Å²) in [6, 6.07) is 0. The zero-order chi connectivity index (χ0) is 4.12. The van der Waals surface area contributed by atoms with Crippen LogP contribution in [0.1, 0.15) is 0 Å². The molecule has 2 heteroatoms. The van der Waals surface area contributed by atoms with E-state index < -0.39 is 0 Å². The number of hydrogen-bond acceptors (Lipinski definition) is 1. The Morgan fingerprint density at radius 3 is 1.60 bits per heavy atom. The lowest BCUT2D eigenvalue weighted by molar-refractivity contribution is 0.475. The molecule has 1 fully saturated rings. The first-order chi connectivity index (χ1) is 2.50. The van der Waals surface area contributed by atoms with Crippen molar-refractivity contribution in [1.29, 1.82) is 0 Å². The highest BCUT2D eigenvalue weighted by molar-refractivity contribution is 6.15. The van der Waals surface area contributed by atoms with Gasteiger partial charge in [-0.1, -0.05) is 0 Å². The molecule has 1 aliphatic rings. The Morgan fingerprint density at radius 2 is 1.60 bits per heavy atom. The Labute approximate surface area is 36.9 Å². The zero-order valence-corrected chi connectivity index (χ0v) is 3.96. The van der Waals surface area contributed by atoms with Gasteiger partial charge in [0.1, 0.15) is 0 Å². The van der Waals surface area contributed by atoms with Crippen molar-refractivity contribution >= 4 is 11.6 Å². The fourth-order valence-electron chi connectivity index (χ4n) is 0. The van der Waals surface area contributed by atoms with E-state index in [9.17, 15) is 0 Å². The summed E-state index contributed by atoms with van der Waals surface area (Å²) < 4.78 is 4.50. The van der Waals surface area contributed by atoms with E-state index in [2.05, 4.69) is 16.3 Å². The summed E-state index contributed by atoms with van der Waals surface area (Å²) in [4.78, 5) is 0. The first-order valence-corrected chi connectivity index (χ1v) is 2.21. The molecule has 0 unspecified atom stereocenters. The van der Waals surface area contributed by atoms with Gasteiger partial charge in [-0.3, -0.25) is 0 Å². The largest absolute Gasteiger partial charge is 0.377 e. The summed E-state index contributed by atoms with van der Waals surface area (Å²) >= 11 is 4.64. The van der Waals surface area contributed by atoms with Crippen molar-refractivity contribution in [3.8, 4) is 0 Å². The third-order valence-corrected chi connectivity index (χ3v) is 0.204. The summed E-state index contributed by atoms with van der Waals surface area (Å²) in [5.74, 6) is 0. The van der Waals surface area contributed by atoms with Crippen molar-refractivity contribution in [2.45, 2.75) is 0 Å². The van der Waals surface area contributed by atoms with Crippen molar-refractivity contribution in [1.82, 2.24) is 0 Å². The van der Waals surface area contributed by atoms with Crippen LogP contribution in [0.4, 0.5) is 0 Å². The van der Waals surface area contributed by atoms with Crippen LogP contribution in [-0.2, 0) is 4.74 Å². The molecule has 0 spiro atoms. The summed E-state index contributed by atoms with van der Waals surface area (Å²) in [7, 11) is 0. The molecule has 0 aliphatic carbocycles. The molecule has 1 nitrogen and oxygen atoms in total. The molecule has 1 aliphatic heterocycles. The number of hydrogen-bond donors (Lipinski definition) is 0. The summed E-state index contributed by atoms with van der Waals surface area (Å²) in [6.45, 7) is 2.00. The van der Waals surface area contributed by atoms with Crippen molar-refractivity contribution in [3.05, 3.63) is 0 Å². The SMILES string of the molecule is C1CO1.CCl. The molecular formula is C3H7ClO. The maximum absolute atomic E-state index is 4.64. The molecule has 0 radical (unpaired) electrons. The number of halogens is 1. The highest BCUT2D eigenvalue weighted by atomic mass is 35.5. The molecule has 0 amide bonds. The Bertz CT molecular complexity index is 11.6. The highest BCUT2D eigenvalue weighted by Gasteiger charge is 1.94. The quantitative estimate of drug-likeness (QED) is 0.321. The molecule has 0 aromatic carbocycles. The number of rotatable bonds is 0. The van der Waals surface area contributed by atoms with Gasteiger partial charge in [-0.25, -0.2) is 0 Å². The van der Waals surface area contributed by atoms with E-state index in [4.69, 9.17) is 0 Å². The van der Waals surface area contributed by atoms with Gasteiger partial charge in [0.05, 0.1) is 13.2 Å². The van der Waals surface area contributed by atoms with Gasteiger partial charge in [-0.15, -0.1) is 11.6 Å². The van der Waals surface area contributed by atoms with Crippen LogP contribution in [0.5, 0.6) is 0 Å². The van der Waals surface area contributed by atoms with Crippen LogP contribution in [0.3, 0.4) is 0 Å². The molecule has 0 aromatic rings. The van der Waals surface area contributed by atoms with Gasteiger partial charge in [0.2, 0.25) is 0 Å². The van der Waals surface area contributed by atoms with E-state index in [1.807, 2.05) is 0 Å². The molecular weight excluding hydrogens is 87.5 g/mol. The van der Waals surface area contributed by atoms with E-state index in [1.54, 1.807) is 0 Å². The molecule has 0 saturated carbocycles. The van der Waals surface area contributed by atoms with Gasteiger partial charge < -0.3 is 4.74 Å². The average molecular weight is 94.5 g/mol. The number of epoxide rings is 1. The van der Waals surface area contributed by atoms with Crippen molar-refractivity contribution < 1.29 is 4.74 Å². The van der Waals surface area contributed by atoms with Crippen LogP contribution in [0, 0.1) is 0 Å². The molecule has 1 heterocycles. The molecule has 5 heavy (non-hydrogen) atoms. The standard InChI is InChI=1S/C2H4O.CH3Cl/c1-2-3-1;1-2/h1-2H2;1H3. The minimum atomic E-state index is 1.00. The van der Waals surface area contributed by atoms with Gasteiger partial charge in [-0.05, 0) is 0 Å². The molecule has 0 aromatic heterocycles. The molecule has 32 valence electrons. The lowest BCUT2D eigenvalue weighted by Crippen LogP contribution is -1.20. The summed E-state index contributed by atoms with van der Waals surface area (Å²) in [5.41, 5.74) is 0. The Balaban J connectivity index is 0.0000000733. The molecule has 1 rings (SSSR count). The van der Waals surface area contributed by atoms with Crippen LogP contribution < -0.4 is 0 Å². The summed E-state index contributed by atoms with van der Waals surface area (Å²) in [5, 5.41) is 0. The van der Waals surface area contributed by atoms with E-state index in [-0.39, 0.29) is 0 Å². The predicted molar refractivity (Wildman–Crippen MR) is 22.6 cm³/mol. The molecule has 0 atom stereocenters. The normalized spacial score (nSPS) is 15.6. The topological polar surface area (TPSA) is 12.5 Å². The minimum Gasteiger partial charge on any atom is -0.377 e. The minimum absolute atomic E-state index is 1.00.